The van der Waals surface area contributed by atoms with Gasteiger partial charge in [-0.2, -0.15) is 15.2 Å². The van der Waals surface area contributed by atoms with Gasteiger partial charge in [0.1, 0.15) is 5.82 Å². The number of piperazine rings is 1. The summed E-state index contributed by atoms with van der Waals surface area (Å²) < 4.78 is 6.13. The molecule has 2 fully saturated rings. The number of nitriles is 1. The van der Waals surface area contributed by atoms with Gasteiger partial charge >= 0.3 is 6.01 Å². The maximum absolute atomic E-state index is 12.5. The molecular formula is C31H32ClN6O2. The number of rotatable bonds is 7. The van der Waals surface area contributed by atoms with Crippen molar-refractivity contribution < 1.29 is 9.53 Å². The number of amides is 1. The summed E-state index contributed by atoms with van der Waals surface area (Å²) in [4.78, 5) is 28.5. The van der Waals surface area contributed by atoms with Crippen molar-refractivity contribution in [2.45, 2.75) is 38.3 Å². The van der Waals surface area contributed by atoms with E-state index < -0.39 is 0 Å². The second-order valence-corrected chi connectivity index (χ2v) is 11.4. The minimum atomic E-state index is -0.244. The first-order valence-electron chi connectivity index (χ1n) is 13.7. The fourth-order valence-corrected chi connectivity index (χ4v) is 6.01. The van der Waals surface area contributed by atoms with E-state index in [1.165, 1.54) is 6.08 Å². The van der Waals surface area contributed by atoms with Gasteiger partial charge in [-0.3, -0.25) is 4.79 Å². The Balaban J connectivity index is 1.35. The molecule has 1 saturated heterocycles. The fourth-order valence-electron chi connectivity index (χ4n) is 5.73. The standard InChI is InChI=1S/C31H32ClN6O2/c1-3-27(39)38-17-16-37(18-22(38)10-14-33)29-23-11-15-36(26-9-5-7-21-6-4-8-24(32)28(21)26)19-25(23)34-30(35-29)40-20-31(2)12-13-31/h3-9,22H,1-2,10-13,15-20H2. The van der Waals surface area contributed by atoms with Crippen LogP contribution in [0.1, 0.15) is 30.5 Å². The van der Waals surface area contributed by atoms with Gasteiger partial charge in [-0.05, 0) is 49.8 Å². The Morgan fingerprint density at radius 3 is 2.73 bits per heavy atom. The van der Waals surface area contributed by atoms with Crippen molar-refractivity contribution in [3.8, 4) is 12.1 Å². The summed E-state index contributed by atoms with van der Waals surface area (Å²) in [5, 5.41) is 12.3. The Morgan fingerprint density at radius 1 is 1.18 bits per heavy atom. The highest BCUT2D eigenvalue weighted by Gasteiger charge is 2.39. The number of aromatic nitrogens is 2. The first kappa shape index (κ1) is 26.4. The topological polar surface area (TPSA) is 85.6 Å². The molecule has 1 aliphatic carbocycles. The minimum Gasteiger partial charge on any atom is -0.463 e. The Labute approximate surface area is 239 Å². The van der Waals surface area contributed by atoms with Crippen LogP contribution in [0.2, 0.25) is 5.02 Å². The van der Waals surface area contributed by atoms with Gasteiger partial charge in [-0.25, -0.2) is 0 Å². The average molecular weight is 556 g/mol. The lowest BCUT2D eigenvalue weighted by Crippen LogP contribution is -2.55. The monoisotopic (exact) mass is 555 g/mol. The third-order valence-electron chi connectivity index (χ3n) is 8.23. The fraction of sp³-hybridized carbons (Fsp3) is 0.387. The molecule has 40 heavy (non-hydrogen) atoms. The molecule has 8 nitrogen and oxygen atoms in total. The van der Waals surface area contributed by atoms with E-state index in [-0.39, 0.29) is 23.8 Å². The molecule has 3 heterocycles. The molecule has 1 atom stereocenters. The van der Waals surface area contributed by atoms with Gasteiger partial charge < -0.3 is 19.4 Å². The third-order valence-corrected chi connectivity index (χ3v) is 8.54. The smallest absolute Gasteiger partial charge is 0.318 e. The van der Waals surface area contributed by atoms with Crippen LogP contribution in [0.15, 0.2) is 49.1 Å². The number of benzene rings is 2. The lowest BCUT2D eigenvalue weighted by atomic mass is 10.0. The number of halogens is 1. The van der Waals surface area contributed by atoms with Gasteiger partial charge in [-0.1, -0.05) is 42.4 Å². The van der Waals surface area contributed by atoms with Gasteiger partial charge in [-0.15, -0.1) is 0 Å². The molecule has 3 aliphatic rings. The maximum atomic E-state index is 12.5. The zero-order valence-corrected chi connectivity index (χ0v) is 23.2. The minimum absolute atomic E-state index is 0.0558. The van der Waals surface area contributed by atoms with Crippen molar-refractivity contribution in [1.82, 2.24) is 14.9 Å². The molecule has 205 valence electrons. The van der Waals surface area contributed by atoms with E-state index in [0.717, 1.165) is 64.4 Å². The summed E-state index contributed by atoms with van der Waals surface area (Å²) in [5.41, 5.74) is 3.03. The van der Waals surface area contributed by atoms with E-state index in [1.54, 1.807) is 4.90 Å². The molecule has 2 aliphatic heterocycles. The van der Waals surface area contributed by atoms with Crippen LogP contribution in [0.5, 0.6) is 6.01 Å². The number of carbonyl (C=O) groups excluding carboxylic acids is 1. The molecule has 2 aromatic carbocycles. The van der Waals surface area contributed by atoms with Crippen LogP contribution in [-0.2, 0) is 17.8 Å². The van der Waals surface area contributed by atoms with Gasteiger partial charge in [0.15, 0.2) is 0 Å². The molecule has 1 aromatic heterocycles. The van der Waals surface area contributed by atoms with Gasteiger partial charge in [0, 0.05) is 48.2 Å². The summed E-state index contributed by atoms with van der Waals surface area (Å²) >= 11 is 6.67. The number of hydrogen-bond donors (Lipinski definition) is 0. The Hall–Kier alpha value is -3.83. The van der Waals surface area contributed by atoms with Crippen molar-refractivity contribution in [3.05, 3.63) is 72.3 Å². The maximum Gasteiger partial charge on any atom is 0.318 e. The van der Waals surface area contributed by atoms with Crippen molar-refractivity contribution in [3.63, 3.8) is 0 Å². The van der Waals surface area contributed by atoms with Crippen LogP contribution in [0.3, 0.4) is 0 Å². The van der Waals surface area contributed by atoms with Crippen molar-refractivity contribution >= 4 is 39.8 Å². The lowest BCUT2D eigenvalue weighted by molar-refractivity contribution is -0.128. The number of anilines is 2. The molecule has 9 heteroatoms. The lowest BCUT2D eigenvalue weighted by Gasteiger charge is -2.42. The summed E-state index contributed by atoms with van der Waals surface area (Å²) in [7, 11) is 0. The highest BCUT2D eigenvalue weighted by Crippen LogP contribution is 2.44. The molecule has 6 rings (SSSR count). The van der Waals surface area contributed by atoms with Gasteiger partial charge in [0.25, 0.3) is 0 Å². The second kappa shape index (κ2) is 10.6. The highest BCUT2D eigenvalue weighted by molar-refractivity contribution is 6.36. The number of carbonyl (C=O) groups is 1. The predicted octanol–water partition coefficient (Wildman–Crippen LogP) is 4.96. The zero-order valence-electron chi connectivity index (χ0n) is 22.5. The van der Waals surface area contributed by atoms with E-state index >= 15 is 0 Å². The summed E-state index contributed by atoms with van der Waals surface area (Å²) in [6.45, 7) is 11.4. The number of ether oxygens (including phenoxy) is 1. The van der Waals surface area contributed by atoms with Crippen LogP contribution >= 0.6 is 11.6 Å². The van der Waals surface area contributed by atoms with Crippen LogP contribution < -0.4 is 14.5 Å². The second-order valence-electron chi connectivity index (χ2n) is 11.0. The van der Waals surface area contributed by atoms with Crippen molar-refractivity contribution in [1.29, 1.82) is 5.26 Å². The van der Waals surface area contributed by atoms with Crippen LogP contribution in [-0.4, -0.2) is 59.6 Å². The molecule has 1 amide bonds. The quantitative estimate of drug-likeness (QED) is 0.381. The molecular weight excluding hydrogens is 524 g/mol. The summed E-state index contributed by atoms with van der Waals surface area (Å²) in [6, 6.07) is 14.6. The molecule has 0 bridgehead atoms. The van der Waals surface area contributed by atoms with Gasteiger partial charge in [0.05, 0.1) is 42.4 Å². The molecule has 1 radical (unpaired) electrons. The largest absolute Gasteiger partial charge is 0.463 e. The summed E-state index contributed by atoms with van der Waals surface area (Å²) in [5.74, 6) is 0.682. The van der Waals surface area contributed by atoms with E-state index in [2.05, 4.69) is 53.6 Å². The average Bonchev–Trinajstić information content (AvgIpc) is 3.72. The molecule has 1 unspecified atom stereocenters. The number of fused-ring (bicyclic) bond motifs is 2. The normalized spacial score (nSPS) is 19.6. The van der Waals surface area contributed by atoms with Crippen molar-refractivity contribution in [2.75, 3.05) is 42.6 Å². The first-order valence-corrected chi connectivity index (χ1v) is 14.1. The molecule has 0 spiro atoms. The third kappa shape index (κ3) is 5.06. The number of nitrogens with zero attached hydrogens (tertiary/aromatic N) is 6. The van der Waals surface area contributed by atoms with E-state index in [4.69, 9.17) is 26.3 Å². The van der Waals surface area contributed by atoms with Crippen molar-refractivity contribution in [2.24, 2.45) is 5.41 Å². The predicted molar refractivity (Wildman–Crippen MR) is 156 cm³/mol. The van der Waals surface area contributed by atoms with Crippen LogP contribution in [0.4, 0.5) is 11.5 Å². The number of hydrogen-bond acceptors (Lipinski definition) is 7. The molecule has 1 saturated carbocycles. The van der Waals surface area contributed by atoms with E-state index in [0.29, 0.717) is 38.8 Å². The molecule has 3 aromatic rings. The van der Waals surface area contributed by atoms with E-state index in [9.17, 15) is 10.1 Å². The zero-order chi connectivity index (χ0) is 27.9. The Bertz CT molecular complexity index is 1510. The Morgan fingerprint density at radius 2 is 1.98 bits per heavy atom. The first-order chi connectivity index (χ1) is 19.4. The Kier molecular flexibility index (Phi) is 7.01. The van der Waals surface area contributed by atoms with Crippen LogP contribution in [0, 0.1) is 23.7 Å². The van der Waals surface area contributed by atoms with Gasteiger partial charge in [0.2, 0.25) is 5.91 Å². The summed E-state index contributed by atoms with van der Waals surface area (Å²) in [6.07, 6.45) is 4.39. The van der Waals surface area contributed by atoms with E-state index in [1.807, 2.05) is 12.1 Å². The molecule has 0 N–H and O–H groups in total. The highest BCUT2D eigenvalue weighted by atomic mass is 35.5. The SMILES string of the molecule is [CH2]C1(COc2nc3c(c(N4CCN(C(=O)C=C)C(CC#N)C4)n2)CCN(c2cccc4cccc(Cl)c24)C3)CC1. The van der Waals surface area contributed by atoms with Crippen LogP contribution in [0.25, 0.3) is 10.8 Å².